The number of aryl methyl sites for hydroxylation is 1. The molecule has 11 heteroatoms. The number of anilines is 2. The average molecular weight is 496 g/mol. The number of benzene rings is 1. The van der Waals surface area contributed by atoms with Crippen molar-refractivity contribution in [2.45, 2.75) is 31.9 Å². The van der Waals surface area contributed by atoms with E-state index in [-0.39, 0.29) is 17.3 Å². The number of piperidine rings is 1. The summed E-state index contributed by atoms with van der Waals surface area (Å²) in [7, 11) is 0. The molecule has 0 unspecified atom stereocenters. The summed E-state index contributed by atoms with van der Waals surface area (Å²) in [5, 5.41) is 5.84. The minimum Gasteiger partial charge on any atom is -0.382 e. The Morgan fingerprint density at radius 2 is 1.97 bits per heavy atom. The summed E-state index contributed by atoms with van der Waals surface area (Å²) in [6.07, 6.45) is 0.266. The van der Waals surface area contributed by atoms with E-state index >= 15 is 0 Å². The summed E-state index contributed by atoms with van der Waals surface area (Å²) >= 11 is 0. The van der Waals surface area contributed by atoms with Crippen LogP contribution < -0.4 is 16.4 Å². The third-order valence-corrected chi connectivity index (χ3v) is 6.30. The van der Waals surface area contributed by atoms with Crippen LogP contribution in [0, 0.1) is 6.92 Å². The van der Waals surface area contributed by atoms with Crippen LogP contribution in [-0.4, -0.2) is 38.3 Å². The summed E-state index contributed by atoms with van der Waals surface area (Å²) in [5.41, 5.74) is 8.69. The molecular formula is C25H24F3N7O. The van der Waals surface area contributed by atoms with E-state index in [0.29, 0.717) is 17.0 Å². The molecule has 1 aromatic carbocycles. The number of nitrogen functional groups attached to an aromatic ring is 1. The van der Waals surface area contributed by atoms with Crippen LogP contribution in [0.5, 0.6) is 0 Å². The Hall–Kier alpha value is -3.99. The number of rotatable bonds is 4. The smallest absolute Gasteiger partial charge is 0.382 e. The number of aromatic nitrogens is 4. The lowest BCUT2D eigenvalue weighted by Gasteiger charge is -2.22. The molecule has 1 amide bonds. The van der Waals surface area contributed by atoms with Crippen molar-refractivity contribution >= 4 is 23.1 Å². The highest BCUT2D eigenvalue weighted by Crippen LogP contribution is 2.34. The van der Waals surface area contributed by atoms with Crippen molar-refractivity contribution in [3.8, 4) is 11.3 Å². The molecule has 1 aliphatic rings. The fourth-order valence-corrected chi connectivity index (χ4v) is 4.50. The van der Waals surface area contributed by atoms with Gasteiger partial charge in [0.25, 0.3) is 5.91 Å². The fourth-order valence-electron chi connectivity index (χ4n) is 4.50. The van der Waals surface area contributed by atoms with Crippen molar-refractivity contribution in [2.75, 3.05) is 24.1 Å². The number of nitrogens with one attached hydrogen (secondary N) is 2. The molecule has 0 saturated carbocycles. The number of halogens is 3. The average Bonchev–Trinajstić information content (AvgIpc) is 3.29. The number of carbonyl (C=O) groups excluding carboxylic acids is 1. The Balaban J connectivity index is 1.46. The summed E-state index contributed by atoms with van der Waals surface area (Å²) in [6, 6.07) is 8.29. The molecule has 4 heterocycles. The summed E-state index contributed by atoms with van der Waals surface area (Å²) in [4.78, 5) is 25.8. The zero-order valence-corrected chi connectivity index (χ0v) is 19.4. The van der Waals surface area contributed by atoms with Gasteiger partial charge in [0.15, 0.2) is 0 Å². The van der Waals surface area contributed by atoms with Crippen molar-refractivity contribution in [3.63, 3.8) is 0 Å². The summed E-state index contributed by atoms with van der Waals surface area (Å²) in [6.45, 7) is 3.76. The first kappa shape index (κ1) is 23.7. The van der Waals surface area contributed by atoms with Crippen LogP contribution in [0.4, 0.5) is 24.8 Å². The molecule has 1 aliphatic heterocycles. The molecule has 4 N–H and O–H groups in total. The van der Waals surface area contributed by atoms with Crippen LogP contribution in [-0.2, 0) is 6.18 Å². The van der Waals surface area contributed by atoms with Crippen LogP contribution in [0.25, 0.3) is 16.8 Å². The van der Waals surface area contributed by atoms with Gasteiger partial charge in [0.2, 0.25) is 0 Å². The van der Waals surface area contributed by atoms with Crippen molar-refractivity contribution in [1.82, 2.24) is 24.7 Å². The Labute approximate surface area is 204 Å². The molecule has 186 valence electrons. The van der Waals surface area contributed by atoms with E-state index in [0.717, 1.165) is 61.3 Å². The molecule has 1 atom stereocenters. The highest BCUT2D eigenvalue weighted by molar-refractivity contribution is 6.04. The highest BCUT2D eigenvalue weighted by Gasteiger charge is 2.31. The normalized spacial score (nSPS) is 16.3. The molecule has 1 fully saturated rings. The lowest BCUT2D eigenvalue weighted by atomic mass is 9.99. The zero-order chi connectivity index (χ0) is 25.4. The number of carbonyl (C=O) groups is 1. The first-order valence-electron chi connectivity index (χ1n) is 11.5. The number of hydrogen-bond donors (Lipinski definition) is 3. The van der Waals surface area contributed by atoms with Gasteiger partial charge in [-0.3, -0.25) is 9.20 Å². The Morgan fingerprint density at radius 3 is 2.67 bits per heavy atom. The van der Waals surface area contributed by atoms with Crippen LogP contribution in [0.1, 0.15) is 46.2 Å². The van der Waals surface area contributed by atoms with Crippen LogP contribution in [0.15, 0.2) is 48.8 Å². The topological polar surface area (TPSA) is 110 Å². The van der Waals surface area contributed by atoms with Crippen molar-refractivity contribution in [1.29, 1.82) is 0 Å². The molecule has 0 radical (unpaired) electrons. The number of nitrogens with zero attached hydrogens (tertiary/aromatic N) is 4. The van der Waals surface area contributed by atoms with E-state index in [1.54, 1.807) is 30.5 Å². The van der Waals surface area contributed by atoms with Crippen LogP contribution in [0.3, 0.4) is 0 Å². The highest BCUT2D eigenvalue weighted by atomic mass is 19.4. The second-order valence-corrected chi connectivity index (χ2v) is 8.79. The molecule has 8 nitrogen and oxygen atoms in total. The third kappa shape index (κ3) is 4.49. The third-order valence-electron chi connectivity index (χ3n) is 6.30. The molecule has 4 aromatic rings. The van der Waals surface area contributed by atoms with Gasteiger partial charge in [-0.2, -0.15) is 13.2 Å². The van der Waals surface area contributed by atoms with E-state index in [2.05, 4.69) is 25.0 Å². The predicted octanol–water partition coefficient (Wildman–Crippen LogP) is 4.42. The van der Waals surface area contributed by atoms with E-state index in [1.165, 1.54) is 0 Å². The van der Waals surface area contributed by atoms with E-state index in [9.17, 15) is 18.0 Å². The van der Waals surface area contributed by atoms with Crippen LogP contribution >= 0.6 is 0 Å². The number of amides is 1. The van der Waals surface area contributed by atoms with Crippen LogP contribution in [0.2, 0.25) is 0 Å². The zero-order valence-electron chi connectivity index (χ0n) is 19.4. The van der Waals surface area contributed by atoms with Gasteiger partial charge in [-0.05, 0) is 50.6 Å². The van der Waals surface area contributed by atoms with Gasteiger partial charge in [-0.15, -0.1) is 0 Å². The lowest BCUT2D eigenvalue weighted by molar-refractivity contribution is -0.137. The number of hydrogen-bond acceptors (Lipinski definition) is 6. The van der Waals surface area contributed by atoms with Gasteiger partial charge >= 0.3 is 6.18 Å². The summed E-state index contributed by atoms with van der Waals surface area (Å²) < 4.78 is 40.9. The lowest BCUT2D eigenvalue weighted by Crippen LogP contribution is -2.29. The Bertz CT molecular complexity index is 1420. The maximum atomic E-state index is 13.0. The molecule has 5 rings (SSSR count). The molecule has 0 spiro atoms. The quantitative estimate of drug-likeness (QED) is 0.387. The second kappa shape index (κ2) is 9.23. The minimum atomic E-state index is -4.53. The first-order chi connectivity index (χ1) is 17.2. The molecule has 36 heavy (non-hydrogen) atoms. The number of pyridine rings is 1. The molecule has 0 aliphatic carbocycles. The standard InChI is InChI=1S/C25H24F3N7O/c1-14-12-32-22(29)21-20(34-23(35(14)21)17-3-2-9-30-13-17)15-4-6-16(7-5-15)24(36)33-19-11-18(8-10-31-19)25(26,27)28/h4-8,10-12,17,30H,2-3,9,13H2,1H3,(H2,29,32)(H,31,33,36)/t17-/m1/s1. The van der Waals surface area contributed by atoms with Crippen molar-refractivity contribution in [2.24, 2.45) is 0 Å². The largest absolute Gasteiger partial charge is 0.416 e. The Kier molecular flexibility index (Phi) is 6.09. The SMILES string of the molecule is Cc1cnc(N)c2c(-c3ccc(C(=O)Nc4cc(C(F)(F)F)ccn4)cc3)nc([C@@H]3CCCNC3)n12. The fraction of sp³-hybridized carbons (Fsp3) is 0.280. The second-order valence-electron chi connectivity index (χ2n) is 8.79. The number of fused-ring (bicyclic) bond motifs is 1. The van der Waals surface area contributed by atoms with Crippen molar-refractivity contribution in [3.05, 3.63) is 71.4 Å². The minimum absolute atomic E-state index is 0.181. The number of alkyl halides is 3. The monoisotopic (exact) mass is 495 g/mol. The van der Waals surface area contributed by atoms with Crippen molar-refractivity contribution < 1.29 is 18.0 Å². The van der Waals surface area contributed by atoms with Gasteiger partial charge in [0.1, 0.15) is 28.7 Å². The molecule has 0 bridgehead atoms. The van der Waals surface area contributed by atoms with E-state index in [1.807, 2.05) is 6.92 Å². The number of nitrogens with two attached hydrogens (primary N) is 1. The Morgan fingerprint density at radius 1 is 1.19 bits per heavy atom. The number of imidazole rings is 1. The predicted molar refractivity (Wildman–Crippen MR) is 130 cm³/mol. The maximum Gasteiger partial charge on any atom is 0.416 e. The summed E-state index contributed by atoms with van der Waals surface area (Å²) in [5.74, 6) is 0.741. The molecule has 3 aromatic heterocycles. The first-order valence-corrected chi connectivity index (χ1v) is 11.5. The van der Waals surface area contributed by atoms with Gasteiger partial charge < -0.3 is 16.4 Å². The van der Waals surface area contributed by atoms with Gasteiger partial charge in [0, 0.05) is 41.7 Å². The van der Waals surface area contributed by atoms with Gasteiger partial charge in [-0.1, -0.05) is 12.1 Å². The maximum absolute atomic E-state index is 13.0. The van der Waals surface area contributed by atoms with E-state index in [4.69, 9.17) is 10.7 Å². The molecule has 1 saturated heterocycles. The van der Waals surface area contributed by atoms with Gasteiger partial charge in [-0.25, -0.2) is 15.0 Å². The van der Waals surface area contributed by atoms with E-state index < -0.39 is 17.6 Å². The van der Waals surface area contributed by atoms with Gasteiger partial charge in [0.05, 0.1) is 5.56 Å². The molecular weight excluding hydrogens is 471 g/mol.